The molecule has 0 radical (unpaired) electrons. The van der Waals surface area contributed by atoms with Crippen molar-refractivity contribution in [1.82, 2.24) is 5.32 Å². The van der Waals surface area contributed by atoms with Crippen molar-refractivity contribution in [2.24, 2.45) is 0 Å². The molecule has 1 aromatic rings. The van der Waals surface area contributed by atoms with Gasteiger partial charge >= 0.3 is 0 Å². The van der Waals surface area contributed by atoms with E-state index in [2.05, 4.69) is 26.1 Å². The van der Waals surface area contributed by atoms with E-state index in [-0.39, 0.29) is 11.3 Å². The second-order valence-corrected chi connectivity index (χ2v) is 5.08. The summed E-state index contributed by atoms with van der Waals surface area (Å²) in [5, 5.41) is 3.33. The van der Waals surface area contributed by atoms with Gasteiger partial charge in [0.25, 0.3) is 0 Å². The first-order valence-corrected chi connectivity index (χ1v) is 5.88. The van der Waals surface area contributed by atoms with E-state index in [1.165, 1.54) is 0 Å². The fourth-order valence-corrected chi connectivity index (χ4v) is 1.47. The predicted molar refractivity (Wildman–Crippen MR) is 69.7 cm³/mol. The van der Waals surface area contributed by atoms with Crippen LogP contribution in [0, 0.1) is 0 Å². The number of Topliss-reactive ketones (excluding diaryl/α,β-unsaturated/α-hetero) is 1. The van der Waals surface area contributed by atoms with E-state index in [0.717, 1.165) is 6.54 Å². The molecule has 0 aromatic heterocycles. The molecule has 0 aliphatic heterocycles. The first-order valence-electron chi connectivity index (χ1n) is 5.88. The zero-order chi connectivity index (χ0) is 12.9. The number of nitrogens with one attached hydrogen (secondary N) is 1. The normalized spacial score (nSPS) is 11.3. The van der Waals surface area contributed by atoms with E-state index in [9.17, 15) is 4.79 Å². The lowest BCUT2D eigenvalue weighted by Crippen LogP contribution is -2.38. The molecule has 0 fully saturated rings. The summed E-state index contributed by atoms with van der Waals surface area (Å²) in [4.78, 5) is 11.4. The largest absolute Gasteiger partial charge is 0.492 e. The van der Waals surface area contributed by atoms with E-state index in [1.54, 1.807) is 13.0 Å². The molecule has 3 nitrogen and oxygen atoms in total. The highest BCUT2D eigenvalue weighted by Crippen LogP contribution is 2.18. The second-order valence-electron chi connectivity index (χ2n) is 5.08. The lowest BCUT2D eigenvalue weighted by molar-refractivity contribution is 0.101. The summed E-state index contributed by atoms with van der Waals surface area (Å²) >= 11 is 0. The summed E-state index contributed by atoms with van der Waals surface area (Å²) in [6, 6.07) is 7.33. The molecule has 1 aromatic carbocycles. The Morgan fingerprint density at radius 3 is 2.53 bits per heavy atom. The van der Waals surface area contributed by atoms with Crippen LogP contribution in [0.15, 0.2) is 24.3 Å². The molecule has 0 saturated carbocycles. The molecule has 0 bridgehead atoms. The van der Waals surface area contributed by atoms with Crippen molar-refractivity contribution in [3.8, 4) is 5.75 Å². The van der Waals surface area contributed by atoms with Crippen molar-refractivity contribution in [3.05, 3.63) is 29.8 Å². The lowest BCUT2D eigenvalue weighted by Gasteiger charge is -2.20. The fourth-order valence-electron chi connectivity index (χ4n) is 1.47. The minimum absolute atomic E-state index is 0.0318. The Labute approximate surface area is 103 Å². The molecule has 94 valence electrons. The van der Waals surface area contributed by atoms with Crippen LogP contribution in [0.3, 0.4) is 0 Å². The molecule has 1 rings (SSSR count). The van der Waals surface area contributed by atoms with Crippen molar-refractivity contribution in [3.63, 3.8) is 0 Å². The first kappa shape index (κ1) is 13.7. The summed E-state index contributed by atoms with van der Waals surface area (Å²) in [5.74, 6) is 0.695. The number of rotatable bonds is 5. The highest BCUT2D eigenvalue weighted by molar-refractivity contribution is 5.96. The van der Waals surface area contributed by atoms with E-state index in [0.29, 0.717) is 17.9 Å². The van der Waals surface area contributed by atoms with Crippen LogP contribution in [-0.2, 0) is 0 Å². The molecule has 0 unspecified atom stereocenters. The van der Waals surface area contributed by atoms with Gasteiger partial charge in [-0.15, -0.1) is 0 Å². The molecular weight excluding hydrogens is 214 g/mol. The van der Waals surface area contributed by atoms with Gasteiger partial charge in [0.2, 0.25) is 0 Å². The minimum atomic E-state index is 0.0318. The molecule has 1 N–H and O–H groups in total. The Kier molecular flexibility index (Phi) is 4.70. The number of hydrogen-bond donors (Lipinski definition) is 1. The summed E-state index contributed by atoms with van der Waals surface area (Å²) in [5.41, 5.74) is 0.729. The van der Waals surface area contributed by atoms with Gasteiger partial charge in [-0.2, -0.15) is 0 Å². The molecule has 0 amide bonds. The quantitative estimate of drug-likeness (QED) is 0.630. The van der Waals surface area contributed by atoms with Crippen molar-refractivity contribution >= 4 is 5.78 Å². The van der Waals surface area contributed by atoms with Gasteiger partial charge in [-0.05, 0) is 39.8 Å². The van der Waals surface area contributed by atoms with E-state index in [4.69, 9.17) is 4.74 Å². The number of carbonyl (C=O) groups excluding carboxylic acids is 1. The van der Waals surface area contributed by atoms with Crippen molar-refractivity contribution in [1.29, 1.82) is 0 Å². The van der Waals surface area contributed by atoms with Crippen LogP contribution in [0.4, 0.5) is 0 Å². The summed E-state index contributed by atoms with van der Waals surface area (Å²) in [7, 11) is 0. The van der Waals surface area contributed by atoms with Gasteiger partial charge in [0.1, 0.15) is 12.4 Å². The predicted octanol–water partition coefficient (Wildman–Crippen LogP) is 2.66. The number of hydrogen-bond acceptors (Lipinski definition) is 3. The molecule has 0 saturated heterocycles. The number of ketones is 1. The maximum Gasteiger partial charge on any atom is 0.163 e. The van der Waals surface area contributed by atoms with Gasteiger partial charge in [-0.1, -0.05) is 12.1 Å². The van der Waals surface area contributed by atoms with Crippen LogP contribution in [-0.4, -0.2) is 24.5 Å². The Bertz CT molecular complexity index is 380. The monoisotopic (exact) mass is 235 g/mol. The number of benzene rings is 1. The average Bonchev–Trinajstić information content (AvgIpc) is 2.23. The van der Waals surface area contributed by atoms with Crippen LogP contribution >= 0.6 is 0 Å². The molecule has 0 aliphatic carbocycles. The Hall–Kier alpha value is -1.35. The molecule has 0 heterocycles. The molecule has 17 heavy (non-hydrogen) atoms. The zero-order valence-electron chi connectivity index (χ0n) is 11.0. The van der Waals surface area contributed by atoms with Crippen LogP contribution in [0.5, 0.6) is 5.75 Å². The van der Waals surface area contributed by atoms with Gasteiger partial charge in [-0.25, -0.2) is 0 Å². The molecule has 3 heteroatoms. The molecular formula is C14H21NO2. The molecule has 0 aliphatic rings. The van der Waals surface area contributed by atoms with Crippen molar-refractivity contribution in [2.45, 2.75) is 33.2 Å². The average molecular weight is 235 g/mol. The SMILES string of the molecule is CC(=O)c1ccccc1OCCNC(C)(C)C. The van der Waals surface area contributed by atoms with Crippen LogP contribution in [0.1, 0.15) is 38.1 Å². The third kappa shape index (κ3) is 5.00. The van der Waals surface area contributed by atoms with Gasteiger partial charge in [0, 0.05) is 12.1 Å². The Morgan fingerprint density at radius 2 is 1.94 bits per heavy atom. The fraction of sp³-hybridized carbons (Fsp3) is 0.500. The van der Waals surface area contributed by atoms with Crippen molar-refractivity contribution in [2.75, 3.05) is 13.2 Å². The number of para-hydroxylation sites is 1. The third-order valence-corrected chi connectivity index (χ3v) is 2.28. The highest BCUT2D eigenvalue weighted by Gasteiger charge is 2.09. The van der Waals surface area contributed by atoms with Crippen LogP contribution in [0.25, 0.3) is 0 Å². The molecule has 0 spiro atoms. The standard InChI is InChI=1S/C14H21NO2/c1-11(16)12-7-5-6-8-13(12)17-10-9-15-14(2,3)4/h5-8,15H,9-10H2,1-4H3. The summed E-state index contributed by atoms with van der Waals surface area (Å²) in [6.07, 6.45) is 0. The maximum atomic E-state index is 11.4. The van der Waals surface area contributed by atoms with E-state index in [1.807, 2.05) is 18.2 Å². The number of carbonyl (C=O) groups is 1. The lowest BCUT2D eigenvalue weighted by atomic mass is 10.1. The smallest absolute Gasteiger partial charge is 0.163 e. The van der Waals surface area contributed by atoms with E-state index >= 15 is 0 Å². The third-order valence-electron chi connectivity index (χ3n) is 2.28. The molecule has 0 atom stereocenters. The first-order chi connectivity index (χ1) is 7.90. The van der Waals surface area contributed by atoms with Gasteiger partial charge in [0.15, 0.2) is 5.78 Å². The summed E-state index contributed by atoms with van der Waals surface area (Å²) < 4.78 is 5.61. The summed E-state index contributed by atoms with van der Waals surface area (Å²) in [6.45, 7) is 9.19. The van der Waals surface area contributed by atoms with Crippen LogP contribution < -0.4 is 10.1 Å². The minimum Gasteiger partial charge on any atom is -0.492 e. The van der Waals surface area contributed by atoms with Gasteiger partial charge < -0.3 is 10.1 Å². The number of ether oxygens (including phenoxy) is 1. The van der Waals surface area contributed by atoms with Crippen LogP contribution in [0.2, 0.25) is 0 Å². The van der Waals surface area contributed by atoms with Gasteiger partial charge in [0.05, 0.1) is 5.56 Å². The highest BCUT2D eigenvalue weighted by atomic mass is 16.5. The zero-order valence-corrected chi connectivity index (χ0v) is 11.0. The van der Waals surface area contributed by atoms with Crippen molar-refractivity contribution < 1.29 is 9.53 Å². The van der Waals surface area contributed by atoms with Gasteiger partial charge in [-0.3, -0.25) is 4.79 Å². The second kappa shape index (κ2) is 5.82. The van der Waals surface area contributed by atoms with E-state index < -0.39 is 0 Å². The Balaban J connectivity index is 2.49. The maximum absolute atomic E-state index is 11.4. The Morgan fingerprint density at radius 1 is 1.29 bits per heavy atom. The topological polar surface area (TPSA) is 38.3 Å².